The van der Waals surface area contributed by atoms with E-state index in [4.69, 9.17) is 4.65 Å². The van der Waals surface area contributed by atoms with Gasteiger partial charge in [-0.3, -0.25) is 0 Å². The molecule has 0 radical (unpaired) electrons. The van der Waals surface area contributed by atoms with Gasteiger partial charge < -0.3 is 40.2 Å². The summed E-state index contributed by atoms with van der Waals surface area (Å²) in [6.45, 7) is 6.95. The topological polar surface area (TPSA) is 134 Å². The number of rotatable bonds is 7. The summed E-state index contributed by atoms with van der Waals surface area (Å²) in [5, 5.41) is 61.2. The van der Waals surface area contributed by atoms with Gasteiger partial charge in [0.15, 0.2) is 11.5 Å². The Bertz CT molecular complexity index is 1100. The first-order valence-corrected chi connectivity index (χ1v) is 10.3. The molecule has 0 aliphatic carbocycles. The summed E-state index contributed by atoms with van der Waals surface area (Å²) in [4.78, 5) is 1.43. The van der Waals surface area contributed by atoms with Crippen molar-refractivity contribution in [2.75, 3.05) is 4.90 Å². The summed E-state index contributed by atoms with van der Waals surface area (Å²) >= 11 is 0. The number of hydrogen-bond donors (Lipinski definition) is 6. The quantitative estimate of drug-likeness (QED) is 0.183. The molecule has 3 rings (SSSR count). The molecule has 0 aromatic heterocycles. The fourth-order valence-electron chi connectivity index (χ4n) is 3.05. The molecule has 9 heteroatoms. The van der Waals surface area contributed by atoms with E-state index in [0.717, 1.165) is 5.46 Å². The zero-order chi connectivity index (χ0) is 24.6. The van der Waals surface area contributed by atoms with Gasteiger partial charge in [-0.05, 0) is 52.0 Å². The summed E-state index contributed by atoms with van der Waals surface area (Å²) in [7, 11) is 0.236. The number of hydrogen-bond acceptors (Lipinski definition) is 8. The van der Waals surface area contributed by atoms with Crippen LogP contribution in [0.25, 0.3) is 0 Å². The fourth-order valence-corrected chi connectivity index (χ4v) is 3.05. The van der Waals surface area contributed by atoms with Crippen LogP contribution in [0.2, 0.25) is 0 Å². The maximum Gasteiger partial charge on any atom is 0.309 e. The van der Waals surface area contributed by atoms with Crippen LogP contribution in [0.1, 0.15) is 27.7 Å². The first kappa shape index (κ1) is 24.1. The monoisotopic (exact) mass is 453 g/mol. The van der Waals surface area contributed by atoms with Gasteiger partial charge in [-0.2, -0.15) is 0 Å². The second-order valence-corrected chi connectivity index (χ2v) is 8.79. The molecule has 0 aliphatic heterocycles. The fraction of sp³-hybridized carbons (Fsp3) is 0.250. The van der Waals surface area contributed by atoms with E-state index in [-0.39, 0.29) is 13.2 Å². The van der Waals surface area contributed by atoms with Gasteiger partial charge in [-0.15, -0.1) is 0 Å². The minimum absolute atomic E-state index is 0.236. The van der Waals surface area contributed by atoms with Crippen molar-refractivity contribution in [1.29, 1.82) is 0 Å². The molecule has 0 bridgehead atoms. The van der Waals surface area contributed by atoms with Crippen LogP contribution in [0, 0.1) is 0 Å². The number of anilines is 3. The van der Waals surface area contributed by atoms with Crippen molar-refractivity contribution in [3.05, 3.63) is 54.6 Å². The van der Waals surface area contributed by atoms with E-state index in [1.54, 1.807) is 82.3 Å². The van der Waals surface area contributed by atoms with Gasteiger partial charge in [0, 0.05) is 11.4 Å². The van der Waals surface area contributed by atoms with Crippen LogP contribution in [-0.2, 0) is 4.65 Å². The Labute approximate surface area is 192 Å². The second kappa shape index (κ2) is 8.76. The summed E-state index contributed by atoms with van der Waals surface area (Å²) in [6.07, 6.45) is 0. The van der Waals surface area contributed by atoms with Gasteiger partial charge in [-0.1, -0.05) is 35.8 Å². The van der Waals surface area contributed by atoms with Crippen molar-refractivity contribution in [1.82, 2.24) is 0 Å². The lowest BCUT2D eigenvalue weighted by molar-refractivity contribution is -0.0893. The SMILES string of the molecule is CC(C)(O)C(C)(C)OBc1ccc(N(c2ccccc2)c2c(O)c(O)c(O)c(O)c2O)cc1. The molecule has 8 nitrogen and oxygen atoms in total. The molecule has 0 spiro atoms. The number of phenols is 5. The Balaban J connectivity index is 2.03. The molecule has 33 heavy (non-hydrogen) atoms. The normalized spacial score (nSPS) is 11.9. The van der Waals surface area contributed by atoms with Crippen LogP contribution in [0.5, 0.6) is 28.7 Å². The van der Waals surface area contributed by atoms with Crippen LogP contribution >= 0.6 is 0 Å². The number of aromatic hydroxyl groups is 5. The van der Waals surface area contributed by atoms with Crippen LogP contribution in [0.3, 0.4) is 0 Å². The van der Waals surface area contributed by atoms with Crippen LogP contribution in [0.15, 0.2) is 54.6 Å². The minimum Gasteiger partial charge on any atom is -0.503 e. The predicted molar refractivity (Wildman–Crippen MR) is 128 cm³/mol. The Morgan fingerprint density at radius 3 is 1.61 bits per heavy atom. The molecule has 3 aromatic carbocycles. The van der Waals surface area contributed by atoms with E-state index in [0.29, 0.717) is 11.4 Å². The molecule has 3 aromatic rings. The number of nitrogens with zero attached hydrogens (tertiary/aromatic N) is 1. The van der Waals surface area contributed by atoms with E-state index >= 15 is 0 Å². The van der Waals surface area contributed by atoms with Crippen molar-refractivity contribution in [3.8, 4) is 28.7 Å². The third-order valence-electron chi connectivity index (χ3n) is 5.85. The van der Waals surface area contributed by atoms with Gasteiger partial charge in [0.25, 0.3) is 0 Å². The molecule has 0 saturated heterocycles. The Morgan fingerprint density at radius 1 is 0.667 bits per heavy atom. The lowest BCUT2D eigenvalue weighted by Gasteiger charge is -2.37. The third kappa shape index (κ3) is 4.64. The molecule has 0 unspecified atom stereocenters. The van der Waals surface area contributed by atoms with Gasteiger partial charge in [0.05, 0.1) is 11.2 Å². The van der Waals surface area contributed by atoms with Gasteiger partial charge >= 0.3 is 7.48 Å². The van der Waals surface area contributed by atoms with Crippen LogP contribution < -0.4 is 10.4 Å². The highest BCUT2D eigenvalue weighted by Crippen LogP contribution is 2.57. The first-order chi connectivity index (χ1) is 15.3. The van der Waals surface area contributed by atoms with E-state index in [2.05, 4.69) is 0 Å². The van der Waals surface area contributed by atoms with Crippen molar-refractivity contribution in [2.45, 2.75) is 38.9 Å². The van der Waals surface area contributed by atoms with Crippen LogP contribution in [-0.4, -0.2) is 49.3 Å². The smallest absolute Gasteiger partial charge is 0.309 e. The molecule has 0 amide bonds. The van der Waals surface area contributed by atoms with Crippen LogP contribution in [0.4, 0.5) is 17.1 Å². The zero-order valence-corrected chi connectivity index (χ0v) is 18.9. The lowest BCUT2D eigenvalue weighted by Crippen LogP contribution is -2.49. The number of phenolic OH excluding ortho intramolecular Hbond substituents is 5. The maximum absolute atomic E-state index is 10.5. The Hall–Kier alpha value is -3.56. The zero-order valence-electron chi connectivity index (χ0n) is 18.9. The molecule has 0 atom stereocenters. The lowest BCUT2D eigenvalue weighted by atomic mass is 9.82. The summed E-state index contributed by atoms with van der Waals surface area (Å²) in [5.74, 6) is -4.54. The predicted octanol–water partition coefficient (Wildman–Crippen LogP) is 3.23. The first-order valence-electron chi connectivity index (χ1n) is 10.3. The molecular formula is C24H28BNO7. The van der Waals surface area contributed by atoms with E-state index in [1.165, 1.54) is 4.90 Å². The average molecular weight is 453 g/mol. The third-order valence-corrected chi connectivity index (χ3v) is 5.85. The molecule has 0 saturated carbocycles. The molecule has 0 fully saturated rings. The highest BCUT2D eigenvalue weighted by molar-refractivity contribution is 6.47. The van der Waals surface area contributed by atoms with Gasteiger partial charge in [0.1, 0.15) is 5.69 Å². The van der Waals surface area contributed by atoms with Crippen molar-refractivity contribution in [3.63, 3.8) is 0 Å². The maximum atomic E-state index is 10.5. The highest BCUT2D eigenvalue weighted by atomic mass is 16.5. The highest BCUT2D eigenvalue weighted by Gasteiger charge is 2.35. The van der Waals surface area contributed by atoms with E-state index in [1.807, 2.05) is 0 Å². The minimum atomic E-state index is -1.05. The molecular weight excluding hydrogens is 425 g/mol. The molecule has 6 N–H and O–H groups in total. The average Bonchev–Trinajstić information content (AvgIpc) is 2.78. The summed E-state index contributed by atoms with van der Waals surface area (Å²) in [5.41, 5.74) is -0.327. The van der Waals surface area contributed by atoms with Gasteiger partial charge in [0.2, 0.25) is 17.2 Å². The number of para-hydroxylation sites is 1. The molecule has 0 aliphatic rings. The number of benzene rings is 3. The van der Waals surface area contributed by atoms with Gasteiger partial charge in [-0.25, -0.2) is 0 Å². The molecule has 0 heterocycles. The summed E-state index contributed by atoms with van der Waals surface area (Å²) < 4.78 is 5.89. The standard InChI is InChI=1S/C24H28BNO7/c1-23(2,32)24(3,4)33-25-14-10-12-16(13-11-14)26(15-8-6-5-7-9-15)17-18(27)20(29)22(31)21(30)19(17)28/h5-13,25,27-32H,1-4H3. The van der Waals surface area contributed by atoms with E-state index < -0.39 is 39.9 Å². The number of aliphatic hydroxyl groups is 1. The summed E-state index contributed by atoms with van der Waals surface area (Å²) in [6, 6.07) is 15.7. The Kier molecular flexibility index (Phi) is 6.40. The second-order valence-electron chi connectivity index (χ2n) is 8.79. The Morgan fingerprint density at radius 2 is 1.12 bits per heavy atom. The molecule has 174 valence electrons. The largest absolute Gasteiger partial charge is 0.503 e. The van der Waals surface area contributed by atoms with Crippen molar-refractivity contribution < 1.29 is 35.3 Å². The van der Waals surface area contributed by atoms with Crippen molar-refractivity contribution in [2.24, 2.45) is 0 Å². The van der Waals surface area contributed by atoms with Crippen molar-refractivity contribution >= 4 is 30.0 Å². The van der Waals surface area contributed by atoms with E-state index in [9.17, 15) is 30.6 Å².